The van der Waals surface area contributed by atoms with Crippen LogP contribution in [0.15, 0.2) is 109 Å². The quantitative estimate of drug-likeness (QED) is 0.0243. The molecule has 0 bridgehead atoms. The number of likely N-dealkylation sites (N-methyl/N-ethyl adjacent to an activating group) is 1. The number of quaternary nitrogens is 1. The third kappa shape index (κ3) is 58.7. The summed E-state index contributed by atoms with van der Waals surface area (Å²) in [6, 6.07) is -0.879. The van der Waals surface area contributed by atoms with Gasteiger partial charge in [0.05, 0.1) is 39.9 Å². The lowest BCUT2D eigenvalue weighted by Gasteiger charge is -2.25. The number of allylic oxidation sites excluding steroid dienone is 17. The number of carbonyl (C=O) groups excluding carboxylic acids is 1. The van der Waals surface area contributed by atoms with Gasteiger partial charge in [-0.15, -0.1) is 0 Å². The molecule has 0 aromatic heterocycles. The molecule has 0 fully saturated rings. The second kappa shape index (κ2) is 55.9. The van der Waals surface area contributed by atoms with Gasteiger partial charge in [0, 0.05) is 6.42 Å². The van der Waals surface area contributed by atoms with Crippen LogP contribution < -0.4 is 5.32 Å². The number of nitrogens with zero attached hydrogens (tertiary/aromatic N) is 1. The topological polar surface area (TPSA) is 105 Å². The molecule has 0 heterocycles. The summed E-state index contributed by atoms with van der Waals surface area (Å²) in [5, 5.41) is 13.9. The van der Waals surface area contributed by atoms with Crippen molar-refractivity contribution in [1.82, 2.24) is 5.32 Å². The van der Waals surface area contributed by atoms with E-state index >= 15 is 0 Å². The highest BCUT2D eigenvalue weighted by molar-refractivity contribution is 7.47. The average molecular weight is 1070 g/mol. The fourth-order valence-corrected chi connectivity index (χ4v) is 9.19. The van der Waals surface area contributed by atoms with Crippen molar-refractivity contribution in [1.29, 1.82) is 0 Å². The lowest BCUT2D eigenvalue weighted by atomic mass is 10.0. The first kappa shape index (κ1) is 72.2. The summed E-state index contributed by atoms with van der Waals surface area (Å²) in [6.07, 6.45) is 82.0. The lowest BCUT2D eigenvalue weighted by molar-refractivity contribution is -0.870. The van der Waals surface area contributed by atoms with E-state index < -0.39 is 20.0 Å². The van der Waals surface area contributed by atoms with Gasteiger partial charge in [0.15, 0.2) is 0 Å². The normalized spacial score (nSPS) is 14.6. The molecule has 3 atom stereocenters. The molecule has 9 heteroatoms. The van der Waals surface area contributed by atoms with Crippen molar-refractivity contribution < 1.29 is 32.9 Å². The van der Waals surface area contributed by atoms with E-state index in [4.69, 9.17) is 9.05 Å². The minimum atomic E-state index is -4.37. The molecule has 75 heavy (non-hydrogen) atoms. The molecule has 3 unspecified atom stereocenters. The van der Waals surface area contributed by atoms with Gasteiger partial charge in [-0.05, 0) is 89.9 Å². The third-order valence-electron chi connectivity index (χ3n) is 13.2. The zero-order valence-electron chi connectivity index (χ0n) is 49.3. The monoisotopic (exact) mass is 1070 g/mol. The smallest absolute Gasteiger partial charge is 0.387 e. The molecule has 0 aromatic carbocycles. The third-order valence-corrected chi connectivity index (χ3v) is 14.2. The number of amides is 1. The maximum absolute atomic E-state index is 13.0. The van der Waals surface area contributed by atoms with Crippen LogP contribution in [-0.4, -0.2) is 73.4 Å². The van der Waals surface area contributed by atoms with Gasteiger partial charge in [0.25, 0.3) is 0 Å². The molecule has 0 aromatic rings. The molecule has 0 saturated heterocycles. The van der Waals surface area contributed by atoms with Crippen LogP contribution >= 0.6 is 7.82 Å². The second-order valence-corrected chi connectivity index (χ2v) is 23.1. The van der Waals surface area contributed by atoms with Gasteiger partial charge in [-0.1, -0.05) is 264 Å². The van der Waals surface area contributed by atoms with Crippen LogP contribution in [0.25, 0.3) is 0 Å². The Morgan fingerprint density at radius 1 is 0.467 bits per heavy atom. The maximum atomic E-state index is 13.0. The van der Waals surface area contributed by atoms with E-state index in [1.807, 2.05) is 27.2 Å². The van der Waals surface area contributed by atoms with Crippen LogP contribution in [-0.2, 0) is 18.4 Å². The van der Waals surface area contributed by atoms with Gasteiger partial charge in [-0.2, -0.15) is 0 Å². The van der Waals surface area contributed by atoms with E-state index in [1.54, 1.807) is 6.08 Å². The van der Waals surface area contributed by atoms with Crippen molar-refractivity contribution in [3.63, 3.8) is 0 Å². The number of hydrogen-bond donors (Lipinski definition) is 3. The van der Waals surface area contributed by atoms with Crippen LogP contribution in [0.5, 0.6) is 0 Å². The molecule has 1 amide bonds. The molecule has 3 N–H and O–H groups in total. The predicted molar refractivity (Wildman–Crippen MR) is 327 cm³/mol. The Hall–Kier alpha value is -2.84. The number of phosphoric ester groups is 1. The first-order chi connectivity index (χ1) is 36.5. The Bertz CT molecular complexity index is 1590. The first-order valence-corrected chi connectivity index (χ1v) is 32.3. The summed E-state index contributed by atoms with van der Waals surface area (Å²) in [5.74, 6) is -0.201. The molecular formula is C66H118N2O6P+. The van der Waals surface area contributed by atoms with Crippen molar-refractivity contribution in [2.24, 2.45) is 0 Å². The minimum Gasteiger partial charge on any atom is -0.387 e. The molecule has 0 aliphatic heterocycles. The van der Waals surface area contributed by atoms with Crippen LogP contribution in [0.1, 0.15) is 251 Å². The van der Waals surface area contributed by atoms with Crippen molar-refractivity contribution >= 4 is 13.7 Å². The first-order valence-electron chi connectivity index (χ1n) is 30.8. The Balaban J connectivity index is 4.28. The van der Waals surface area contributed by atoms with Crippen molar-refractivity contribution in [2.75, 3.05) is 40.9 Å². The van der Waals surface area contributed by atoms with Gasteiger partial charge >= 0.3 is 7.82 Å². The number of phosphoric acid groups is 1. The van der Waals surface area contributed by atoms with Gasteiger partial charge in [0.1, 0.15) is 13.2 Å². The van der Waals surface area contributed by atoms with Crippen molar-refractivity contribution in [3.05, 3.63) is 109 Å². The number of aliphatic hydroxyl groups is 1. The number of aliphatic hydroxyl groups excluding tert-OH is 1. The van der Waals surface area contributed by atoms with Gasteiger partial charge < -0.3 is 19.8 Å². The second-order valence-electron chi connectivity index (χ2n) is 21.7. The van der Waals surface area contributed by atoms with Crippen molar-refractivity contribution in [2.45, 2.75) is 264 Å². The van der Waals surface area contributed by atoms with E-state index in [0.717, 1.165) is 96.3 Å². The SMILES string of the molecule is CC/C=C\C/C=C\C/C=C\C/C=C\C/C=C\C/C=C\C/C=C\CCCCCCCCCC(=O)NC(COP(=O)(O)OCC[N+](C)(C)C)C(O)/C=C/CC/C=C/CCCCCCCCCCCCCCCCCCCC. The van der Waals surface area contributed by atoms with E-state index in [-0.39, 0.29) is 19.1 Å². The van der Waals surface area contributed by atoms with E-state index in [1.165, 1.54) is 135 Å². The lowest BCUT2D eigenvalue weighted by Crippen LogP contribution is -2.45. The number of rotatable bonds is 55. The Morgan fingerprint density at radius 2 is 0.813 bits per heavy atom. The minimum absolute atomic E-state index is 0.0482. The van der Waals surface area contributed by atoms with Crippen molar-refractivity contribution in [3.8, 4) is 0 Å². The van der Waals surface area contributed by atoms with Crippen LogP contribution in [0.4, 0.5) is 0 Å². The maximum Gasteiger partial charge on any atom is 0.472 e. The Labute approximate surface area is 463 Å². The van der Waals surface area contributed by atoms with Crippen LogP contribution in [0, 0.1) is 0 Å². The molecule has 0 spiro atoms. The Morgan fingerprint density at radius 3 is 1.23 bits per heavy atom. The summed E-state index contributed by atoms with van der Waals surface area (Å²) in [5.41, 5.74) is 0. The van der Waals surface area contributed by atoms with Crippen LogP contribution in [0.2, 0.25) is 0 Å². The molecular weight excluding hydrogens is 948 g/mol. The van der Waals surface area contributed by atoms with Crippen LogP contribution in [0.3, 0.4) is 0 Å². The summed E-state index contributed by atoms with van der Waals surface area (Å²) >= 11 is 0. The summed E-state index contributed by atoms with van der Waals surface area (Å²) in [6.45, 7) is 4.68. The number of nitrogens with one attached hydrogen (secondary N) is 1. The fourth-order valence-electron chi connectivity index (χ4n) is 8.45. The molecule has 0 saturated carbocycles. The van der Waals surface area contributed by atoms with Gasteiger partial charge in [-0.3, -0.25) is 13.8 Å². The van der Waals surface area contributed by atoms with E-state index in [9.17, 15) is 19.4 Å². The zero-order chi connectivity index (χ0) is 54.9. The summed E-state index contributed by atoms with van der Waals surface area (Å²) in [7, 11) is 1.53. The molecule has 8 nitrogen and oxygen atoms in total. The highest BCUT2D eigenvalue weighted by atomic mass is 31.2. The zero-order valence-corrected chi connectivity index (χ0v) is 50.1. The number of unbranched alkanes of at least 4 members (excludes halogenated alkanes) is 26. The van der Waals surface area contributed by atoms with Gasteiger partial charge in [-0.25, -0.2) is 4.57 Å². The predicted octanol–water partition coefficient (Wildman–Crippen LogP) is 19.2. The number of carbonyl (C=O) groups is 1. The number of hydrogen-bond acceptors (Lipinski definition) is 5. The molecule has 432 valence electrons. The fraction of sp³-hybridized carbons (Fsp3) is 0.712. The molecule has 0 rings (SSSR count). The van der Waals surface area contributed by atoms with Gasteiger partial charge in [0.2, 0.25) is 5.91 Å². The highest BCUT2D eigenvalue weighted by Crippen LogP contribution is 2.43. The van der Waals surface area contributed by atoms with E-state index in [0.29, 0.717) is 17.4 Å². The highest BCUT2D eigenvalue weighted by Gasteiger charge is 2.27. The average Bonchev–Trinajstić information content (AvgIpc) is 3.37. The summed E-state index contributed by atoms with van der Waals surface area (Å²) < 4.78 is 23.7. The molecule has 0 radical (unpaired) electrons. The van der Waals surface area contributed by atoms with E-state index in [2.05, 4.69) is 116 Å². The standard InChI is InChI=1S/C66H117N2O6P/c1-6-8-10-12-14-16-18-20-22-24-26-28-30-32-33-34-35-36-38-40-42-44-46-48-50-52-54-56-58-60-66(70)67-64(63-74-75(71,72)73-62-61-68(3,4)5)65(69)59-57-55-53-51-49-47-45-43-41-39-37-31-29-27-25-23-21-19-17-15-13-11-9-7-2/h8,10,14,16,20,22,26,28,32-33,35-36,40,42,49,51,57,59,64-65,69H,6-7,9,11-13,15,17-19,21,23-25,27,29-31,34,37-39,41,43-48,50,52-56,58,60-63H2,1-5H3,(H-,67,70,71,72)/p+1/b10-8-,16-14-,22-20-,28-26-,33-32-,36-35-,42-40-,51-49+,59-57+. The molecule has 0 aliphatic rings. The largest absolute Gasteiger partial charge is 0.472 e. The Kier molecular flexibility index (Phi) is 53.8. The molecule has 0 aliphatic carbocycles. The summed E-state index contributed by atoms with van der Waals surface area (Å²) in [4.78, 5) is 23.3.